The van der Waals surface area contributed by atoms with Gasteiger partial charge in [0, 0.05) is 0 Å². The summed E-state index contributed by atoms with van der Waals surface area (Å²) in [6.07, 6.45) is -2.92. The number of aliphatic hydroxyl groups is 1. The van der Waals surface area contributed by atoms with Gasteiger partial charge in [-0.2, -0.15) is 13.2 Å². The second-order valence-electron chi connectivity index (χ2n) is 3.72. The number of anilines is 1. The lowest BCUT2D eigenvalue weighted by Crippen LogP contribution is -2.47. The van der Waals surface area contributed by atoms with Gasteiger partial charge in [-0.05, 0) is 6.92 Å². The van der Waals surface area contributed by atoms with Crippen LogP contribution in [0.25, 0.3) is 0 Å². The molecular weight excluding hydrogens is 255 g/mol. The third-order valence-electron chi connectivity index (χ3n) is 2.10. The molecule has 1 atom stereocenters. The van der Waals surface area contributed by atoms with Crippen LogP contribution in [0.4, 0.5) is 19.0 Å². The van der Waals surface area contributed by atoms with Crippen molar-refractivity contribution in [3.63, 3.8) is 0 Å². The highest BCUT2D eigenvalue weighted by Gasteiger charge is 2.49. The summed E-state index contributed by atoms with van der Waals surface area (Å²) in [6, 6.07) is 0. The lowest BCUT2D eigenvalue weighted by atomic mass is 10.1. The number of rotatable bonds is 4. The molecule has 0 aliphatic heterocycles. The van der Waals surface area contributed by atoms with Crippen LogP contribution < -0.4 is 5.32 Å². The van der Waals surface area contributed by atoms with E-state index in [1.807, 2.05) is 0 Å². The lowest BCUT2D eigenvalue weighted by Gasteiger charge is -2.26. The molecule has 0 radical (unpaired) electrons. The van der Waals surface area contributed by atoms with Gasteiger partial charge in [0.05, 0.1) is 18.9 Å². The largest absolute Gasteiger partial charge is 0.476 e. The lowest BCUT2D eigenvalue weighted by molar-refractivity contribution is -0.246. The highest BCUT2D eigenvalue weighted by Crippen LogP contribution is 2.29. The Morgan fingerprint density at radius 3 is 2.39 bits per heavy atom. The van der Waals surface area contributed by atoms with E-state index in [1.165, 1.54) is 0 Å². The molecule has 18 heavy (non-hydrogen) atoms. The molecule has 3 N–H and O–H groups in total. The fourth-order valence-corrected chi connectivity index (χ4v) is 0.893. The van der Waals surface area contributed by atoms with E-state index in [0.29, 0.717) is 6.92 Å². The Morgan fingerprint density at radius 1 is 1.39 bits per heavy atom. The topological polar surface area (TPSA) is 95.3 Å². The Labute approximate surface area is 99.5 Å². The number of aromatic nitrogens is 2. The molecule has 0 bridgehead atoms. The van der Waals surface area contributed by atoms with Gasteiger partial charge in [-0.3, -0.25) is 0 Å². The van der Waals surface area contributed by atoms with E-state index in [2.05, 4.69) is 15.3 Å². The first-order valence-electron chi connectivity index (χ1n) is 4.72. The number of hydrogen-bond acceptors (Lipinski definition) is 5. The van der Waals surface area contributed by atoms with E-state index in [4.69, 9.17) is 10.2 Å². The summed E-state index contributed by atoms with van der Waals surface area (Å²) < 4.78 is 36.9. The molecule has 0 spiro atoms. The first-order valence-corrected chi connectivity index (χ1v) is 4.72. The SMILES string of the molecule is CC(O)(CNc1cnc(C(=O)O)cn1)C(F)(F)F. The van der Waals surface area contributed by atoms with Crippen molar-refractivity contribution in [1.29, 1.82) is 0 Å². The van der Waals surface area contributed by atoms with Gasteiger partial charge in [0.15, 0.2) is 11.3 Å². The quantitative estimate of drug-likeness (QED) is 0.748. The molecular formula is C9H10F3N3O3. The van der Waals surface area contributed by atoms with Gasteiger partial charge in [0.2, 0.25) is 0 Å². The number of halogens is 3. The van der Waals surface area contributed by atoms with E-state index in [1.54, 1.807) is 0 Å². The Hall–Kier alpha value is -1.90. The Kier molecular flexibility index (Phi) is 3.75. The van der Waals surface area contributed by atoms with Crippen LogP contribution in [0.15, 0.2) is 12.4 Å². The molecule has 6 nitrogen and oxygen atoms in total. The van der Waals surface area contributed by atoms with Crippen molar-refractivity contribution in [3.8, 4) is 0 Å². The molecule has 0 aliphatic rings. The molecule has 0 saturated heterocycles. The maximum absolute atomic E-state index is 12.3. The number of carbonyl (C=O) groups is 1. The maximum Gasteiger partial charge on any atom is 0.418 e. The molecule has 1 rings (SSSR count). The van der Waals surface area contributed by atoms with Gasteiger partial charge in [0.25, 0.3) is 0 Å². The minimum atomic E-state index is -4.78. The van der Waals surface area contributed by atoms with Crippen LogP contribution in [0, 0.1) is 0 Å². The van der Waals surface area contributed by atoms with Gasteiger partial charge < -0.3 is 15.5 Å². The van der Waals surface area contributed by atoms with Crippen molar-refractivity contribution < 1.29 is 28.2 Å². The number of nitrogens with zero attached hydrogens (tertiary/aromatic N) is 2. The summed E-state index contributed by atoms with van der Waals surface area (Å²) in [5.74, 6) is -1.36. The van der Waals surface area contributed by atoms with Crippen molar-refractivity contribution in [2.45, 2.75) is 18.7 Å². The van der Waals surface area contributed by atoms with Crippen LogP contribution in [0.3, 0.4) is 0 Å². The first kappa shape index (κ1) is 14.2. The molecule has 1 unspecified atom stereocenters. The third kappa shape index (κ3) is 3.29. The Balaban J connectivity index is 2.67. The number of nitrogens with one attached hydrogen (secondary N) is 1. The van der Waals surface area contributed by atoms with Gasteiger partial charge >= 0.3 is 12.1 Å². The van der Waals surface area contributed by atoms with Crippen LogP contribution >= 0.6 is 0 Å². The molecule has 0 amide bonds. The molecule has 0 saturated carbocycles. The van der Waals surface area contributed by atoms with Crippen molar-refractivity contribution in [1.82, 2.24) is 9.97 Å². The number of carboxylic acid groups (broad SMARTS) is 1. The predicted octanol–water partition coefficient (Wildman–Crippen LogP) is 0.900. The fraction of sp³-hybridized carbons (Fsp3) is 0.444. The first-order chi connectivity index (χ1) is 8.13. The van der Waals surface area contributed by atoms with Gasteiger partial charge in [0.1, 0.15) is 5.82 Å². The van der Waals surface area contributed by atoms with Crippen molar-refractivity contribution in [2.75, 3.05) is 11.9 Å². The number of hydrogen-bond donors (Lipinski definition) is 3. The molecule has 1 aromatic heterocycles. The molecule has 1 heterocycles. The van der Waals surface area contributed by atoms with Crippen LogP contribution in [0.5, 0.6) is 0 Å². The van der Waals surface area contributed by atoms with Gasteiger partial charge in [-0.25, -0.2) is 14.8 Å². The molecule has 1 aromatic rings. The van der Waals surface area contributed by atoms with E-state index in [9.17, 15) is 18.0 Å². The summed E-state index contributed by atoms with van der Waals surface area (Å²) >= 11 is 0. The van der Waals surface area contributed by atoms with E-state index in [0.717, 1.165) is 12.4 Å². The summed E-state index contributed by atoms with van der Waals surface area (Å²) in [5, 5.41) is 19.9. The normalized spacial score (nSPS) is 14.9. The van der Waals surface area contributed by atoms with Gasteiger partial charge in [-0.15, -0.1) is 0 Å². The van der Waals surface area contributed by atoms with Gasteiger partial charge in [-0.1, -0.05) is 0 Å². The highest BCUT2D eigenvalue weighted by atomic mass is 19.4. The molecule has 9 heteroatoms. The summed E-state index contributed by atoms with van der Waals surface area (Å²) in [4.78, 5) is 17.5. The Morgan fingerprint density at radius 2 is 2.00 bits per heavy atom. The zero-order valence-corrected chi connectivity index (χ0v) is 9.19. The van der Waals surface area contributed by atoms with E-state index in [-0.39, 0.29) is 11.5 Å². The predicted molar refractivity (Wildman–Crippen MR) is 54.2 cm³/mol. The molecule has 0 aliphatic carbocycles. The van der Waals surface area contributed by atoms with Crippen LogP contribution in [-0.2, 0) is 0 Å². The minimum absolute atomic E-state index is 0.0653. The molecule has 0 fully saturated rings. The zero-order chi connectivity index (χ0) is 14.0. The Bertz CT molecular complexity index is 431. The smallest absolute Gasteiger partial charge is 0.418 e. The maximum atomic E-state index is 12.3. The second kappa shape index (κ2) is 4.77. The third-order valence-corrected chi connectivity index (χ3v) is 2.10. The summed E-state index contributed by atoms with van der Waals surface area (Å²) in [6.45, 7) is -0.212. The zero-order valence-electron chi connectivity index (χ0n) is 9.19. The fourth-order valence-electron chi connectivity index (χ4n) is 0.893. The monoisotopic (exact) mass is 265 g/mol. The highest BCUT2D eigenvalue weighted by molar-refractivity contribution is 5.84. The average molecular weight is 265 g/mol. The minimum Gasteiger partial charge on any atom is -0.476 e. The summed E-state index contributed by atoms with van der Waals surface area (Å²) in [5.41, 5.74) is -3.25. The van der Waals surface area contributed by atoms with E-state index >= 15 is 0 Å². The van der Waals surface area contributed by atoms with E-state index < -0.39 is 24.3 Å². The van der Waals surface area contributed by atoms with Crippen molar-refractivity contribution >= 4 is 11.8 Å². The second-order valence-corrected chi connectivity index (χ2v) is 3.72. The van der Waals surface area contributed by atoms with Crippen LogP contribution in [-0.4, -0.2) is 44.5 Å². The standard InChI is InChI=1S/C9H10F3N3O3/c1-8(18,9(10,11)12)4-15-6-3-13-5(2-14-6)7(16)17/h2-3,18H,4H2,1H3,(H,14,15)(H,16,17). The number of carboxylic acids is 1. The van der Waals surface area contributed by atoms with Crippen molar-refractivity contribution in [3.05, 3.63) is 18.1 Å². The average Bonchev–Trinajstić information content (AvgIpc) is 2.25. The number of aromatic carboxylic acids is 1. The molecule has 0 aromatic carbocycles. The van der Waals surface area contributed by atoms with Crippen molar-refractivity contribution in [2.24, 2.45) is 0 Å². The van der Waals surface area contributed by atoms with Crippen LogP contribution in [0.2, 0.25) is 0 Å². The summed E-state index contributed by atoms with van der Waals surface area (Å²) in [7, 11) is 0. The molecule has 100 valence electrons. The number of alkyl halides is 3. The van der Waals surface area contributed by atoms with Crippen LogP contribution in [0.1, 0.15) is 17.4 Å².